The van der Waals surface area contributed by atoms with Crippen LogP contribution < -0.4 is 15.9 Å². The SMILES string of the molecule is CCCc1cc(=O)oc2cc(OCc3cc(=O)n4cc(C)ccc4n3)ccc12. The second-order valence-electron chi connectivity index (χ2n) is 6.81. The molecule has 4 aromatic rings. The summed E-state index contributed by atoms with van der Waals surface area (Å²) < 4.78 is 12.6. The van der Waals surface area contributed by atoms with Crippen LogP contribution in [0.2, 0.25) is 0 Å². The summed E-state index contributed by atoms with van der Waals surface area (Å²) in [6.45, 7) is 4.13. The summed E-state index contributed by atoms with van der Waals surface area (Å²) in [5.41, 5.74) is 3.05. The molecule has 0 aliphatic heterocycles. The van der Waals surface area contributed by atoms with E-state index < -0.39 is 0 Å². The van der Waals surface area contributed by atoms with Gasteiger partial charge in [0.2, 0.25) is 0 Å². The average Bonchev–Trinajstić information content (AvgIpc) is 2.67. The van der Waals surface area contributed by atoms with Crippen molar-refractivity contribution in [1.82, 2.24) is 9.38 Å². The Balaban J connectivity index is 1.62. The van der Waals surface area contributed by atoms with Gasteiger partial charge >= 0.3 is 5.63 Å². The first-order chi connectivity index (χ1) is 13.5. The molecule has 3 heterocycles. The molecule has 0 atom stereocenters. The Hall–Kier alpha value is -3.41. The maximum Gasteiger partial charge on any atom is 0.336 e. The fourth-order valence-electron chi connectivity index (χ4n) is 3.27. The van der Waals surface area contributed by atoms with Gasteiger partial charge in [-0.05, 0) is 42.7 Å². The Morgan fingerprint density at radius 2 is 1.96 bits per heavy atom. The first-order valence-corrected chi connectivity index (χ1v) is 9.22. The number of nitrogens with zero attached hydrogens (tertiary/aromatic N) is 2. The summed E-state index contributed by atoms with van der Waals surface area (Å²) in [4.78, 5) is 28.6. The van der Waals surface area contributed by atoms with Crippen molar-refractivity contribution in [3.63, 3.8) is 0 Å². The second kappa shape index (κ2) is 7.31. The number of rotatable bonds is 5. The van der Waals surface area contributed by atoms with Crippen LogP contribution in [0.3, 0.4) is 0 Å². The zero-order valence-electron chi connectivity index (χ0n) is 15.8. The fraction of sp³-hybridized carbons (Fsp3) is 0.227. The summed E-state index contributed by atoms with van der Waals surface area (Å²) in [5.74, 6) is 0.551. The van der Waals surface area contributed by atoms with Crippen molar-refractivity contribution >= 4 is 16.6 Å². The highest BCUT2D eigenvalue weighted by Gasteiger charge is 2.08. The molecular weight excluding hydrogens is 356 g/mol. The summed E-state index contributed by atoms with van der Waals surface area (Å²) in [6.07, 6.45) is 3.51. The molecule has 142 valence electrons. The lowest BCUT2D eigenvalue weighted by Crippen LogP contribution is -2.16. The van der Waals surface area contributed by atoms with Crippen molar-refractivity contribution in [3.8, 4) is 5.75 Å². The number of hydrogen-bond acceptors (Lipinski definition) is 5. The molecular formula is C22H20N2O4. The summed E-state index contributed by atoms with van der Waals surface area (Å²) in [6, 6.07) is 12.1. The van der Waals surface area contributed by atoms with Gasteiger partial charge in [0.25, 0.3) is 5.56 Å². The van der Waals surface area contributed by atoms with Crippen LogP contribution in [-0.4, -0.2) is 9.38 Å². The van der Waals surface area contributed by atoms with Crippen molar-refractivity contribution in [2.75, 3.05) is 0 Å². The number of ether oxygens (including phenoxy) is 1. The minimum absolute atomic E-state index is 0.143. The molecule has 0 unspecified atom stereocenters. The molecule has 3 aromatic heterocycles. The van der Waals surface area contributed by atoms with E-state index in [1.807, 2.05) is 25.1 Å². The van der Waals surface area contributed by atoms with Gasteiger partial charge in [0.15, 0.2) is 0 Å². The molecule has 6 heteroatoms. The molecule has 6 nitrogen and oxygen atoms in total. The zero-order valence-corrected chi connectivity index (χ0v) is 15.8. The van der Waals surface area contributed by atoms with E-state index in [1.54, 1.807) is 24.4 Å². The van der Waals surface area contributed by atoms with E-state index in [0.29, 0.717) is 22.7 Å². The highest BCUT2D eigenvalue weighted by atomic mass is 16.5. The Morgan fingerprint density at radius 1 is 1.11 bits per heavy atom. The quantitative estimate of drug-likeness (QED) is 0.497. The fourth-order valence-corrected chi connectivity index (χ4v) is 3.27. The van der Waals surface area contributed by atoms with Crippen LogP contribution in [0.15, 0.2) is 62.7 Å². The summed E-state index contributed by atoms with van der Waals surface area (Å²) in [5, 5.41) is 0.909. The van der Waals surface area contributed by atoms with Gasteiger partial charge in [0.05, 0.1) is 5.69 Å². The molecule has 0 N–H and O–H groups in total. The van der Waals surface area contributed by atoms with Gasteiger partial charge in [-0.15, -0.1) is 0 Å². The molecule has 4 rings (SSSR count). The predicted octanol–water partition coefficient (Wildman–Crippen LogP) is 3.64. The molecule has 0 bridgehead atoms. The number of benzene rings is 1. The van der Waals surface area contributed by atoms with Crippen LogP contribution in [-0.2, 0) is 13.0 Å². The second-order valence-corrected chi connectivity index (χ2v) is 6.81. The lowest BCUT2D eigenvalue weighted by atomic mass is 10.1. The molecule has 0 fully saturated rings. The molecule has 0 saturated heterocycles. The maximum absolute atomic E-state index is 12.3. The molecule has 0 radical (unpaired) electrons. The van der Waals surface area contributed by atoms with Crippen molar-refractivity contribution in [2.24, 2.45) is 0 Å². The molecule has 0 aliphatic rings. The molecule has 28 heavy (non-hydrogen) atoms. The van der Waals surface area contributed by atoms with Gasteiger partial charge in [0.1, 0.15) is 23.6 Å². The van der Waals surface area contributed by atoms with Gasteiger partial charge in [-0.3, -0.25) is 9.20 Å². The minimum atomic E-state index is -0.368. The number of aryl methyl sites for hydroxylation is 2. The Kier molecular flexibility index (Phi) is 4.69. The topological polar surface area (TPSA) is 73.8 Å². The average molecular weight is 376 g/mol. The van der Waals surface area contributed by atoms with Crippen LogP contribution in [0.1, 0.15) is 30.2 Å². The van der Waals surface area contributed by atoms with E-state index in [4.69, 9.17) is 9.15 Å². The van der Waals surface area contributed by atoms with Crippen LogP contribution in [0.4, 0.5) is 0 Å². The van der Waals surface area contributed by atoms with Crippen molar-refractivity contribution in [3.05, 3.63) is 86.3 Å². The highest BCUT2D eigenvalue weighted by Crippen LogP contribution is 2.24. The number of aromatic nitrogens is 2. The lowest BCUT2D eigenvalue weighted by Gasteiger charge is -2.09. The Morgan fingerprint density at radius 3 is 2.79 bits per heavy atom. The van der Waals surface area contributed by atoms with E-state index in [1.165, 1.54) is 10.5 Å². The standard InChI is InChI=1S/C22H20N2O4/c1-3-4-15-9-22(26)28-19-11-17(6-7-18(15)19)27-13-16-10-21(25)24-12-14(2)5-8-20(24)23-16/h5-12H,3-4,13H2,1-2H3. The smallest absolute Gasteiger partial charge is 0.336 e. The lowest BCUT2D eigenvalue weighted by molar-refractivity contribution is 0.301. The van der Waals surface area contributed by atoms with E-state index in [-0.39, 0.29) is 17.8 Å². The summed E-state index contributed by atoms with van der Waals surface area (Å²) >= 11 is 0. The third-order valence-corrected chi connectivity index (χ3v) is 4.57. The van der Waals surface area contributed by atoms with E-state index in [9.17, 15) is 9.59 Å². The number of fused-ring (bicyclic) bond motifs is 2. The van der Waals surface area contributed by atoms with Crippen LogP contribution in [0.5, 0.6) is 5.75 Å². The van der Waals surface area contributed by atoms with Crippen LogP contribution in [0, 0.1) is 6.92 Å². The van der Waals surface area contributed by atoms with Crippen molar-refractivity contribution in [1.29, 1.82) is 0 Å². The monoisotopic (exact) mass is 376 g/mol. The van der Waals surface area contributed by atoms with Gasteiger partial charge in [0, 0.05) is 29.8 Å². The molecule has 0 spiro atoms. The first-order valence-electron chi connectivity index (χ1n) is 9.22. The molecule has 1 aromatic carbocycles. The maximum atomic E-state index is 12.3. The van der Waals surface area contributed by atoms with Gasteiger partial charge < -0.3 is 9.15 Å². The predicted molar refractivity (Wildman–Crippen MR) is 107 cm³/mol. The molecule has 0 saturated carbocycles. The number of pyridine rings is 1. The Bertz CT molecular complexity index is 1290. The third kappa shape index (κ3) is 3.53. The van der Waals surface area contributed by atoms with Gasteiger partial charge in [-0.1, -0.05) is 19.4 Å². The van der Waals surface area contributed by atoms with Crippen LogP contribution in [0.25, 0.3) is 16.6 Å². The first kappa shape index (κ1) is 18.0. The van der Waals surface area contributed by atoms with Crippen molar-refractivity contribution in [2.45, 2.75) is 33.3 Å². The van der Waals surface area contributed by atoms with E-state index in [2.05, 4.69) is 11.9 Å². The molecule has 0 aliphatic carbocycles. The van der Waals surface area contributed by atoms with Crippen molar-refractivity contribution < 1.29 is 9.15 Å². The van der Waals surface area contributed by atoms with E-state index in [0.717, 1.165) is 29.4 Å². The summed E-state index contributed by atoms with van der Waals surface area (Å²) in [7, 11) is 0. The van der Waals surface area contributed by atoms with Crippen LogP contribution >= 0.6 is 0 Å². The van der Waals surface area contributed by atoms with Gasteiger partial charge in [-0.2, -0.15) is 0 Å². The minimum Gasteiger partial charge on any atom is -0.487 e. The number of hydrogen-bond donors (Lipinski definition) is 0. The van der Waals surface area contributed by atoms with E-state index >= 15 is 0 Å². The Labute approximate surface area is 161 Å². The normalized spacial score (nSPS) is 11.2. The highest BCUT2D eigenvalue weighted by molar-refractivity contribution is 5.81. The molecule has 0 amide bonds. The van der Waals surface area contributed by atoms with Gasteiger partial charge in [-0.25, -0.2) is 9.78 Å². The zero-order chi connectivity index (χ0) is 19.7. The third-order valence-electron chi connectivity index (χ3n) is 4.57. The largest absolute Gasteiger partial charge is 0.487 e.